The van der Waals surface area contributed by atoms with E-state index < -0.39 is 23.6 Å². The highest BCUT2D eigenvalue weighted by molar-refractivity contribution is 5.81. The molecule has 2 amide bonds. The zero-order chi connectivity index (χ0) is 24.7. The highest BCUT2D eigenvalue weighted by Crippen LogP contribution is 2.36. The quantitative estimate of drug-likeness (QED) is 0.493. The number of rotatable bonds is 9. The summed E-state index contributed by atoms with van der Waals surface area (Å²) in [5.74, 6) is -1.11. The van der Waals surface area contributed by atoms with Crippen molar-refractivity contribution in [1.82, 2.24) is 20.2 Å². The minimum atomic E-state index is -1.68. The monoisotopic (exact) mass is 466 g/mol. The number of aromatic nitrogens is 2. The van der Waals surface area contributed by atoms with Crippen LogP contribution in [-0.4, -0.2) is 66.4 Å². The summed E-state index contributed by atoms with van der Waals surface area (Å²) in [5, 5.41) is 13.3. The van der Waals surface area contributed by atoms with Gasteiger partial charge in [-0.2, -0.15) is 9.97 Å². The highest BCUT2D eigenvalue weighted by atomic mass is 16.5. The van der Waals surface area contributed by atoms with Crippen LogP contribution in [0.2, 0.25) is 0 Å². The molecule has 3 rings (SSSR count). The first-order chi connectivity index (χ1) is 16.3. The number of hydrogen-bond acceptors (Lipinski definition) is 7. The number of nitrogens with zero attached hydrogens (tertiary/aromatic N) is 3. The summed E-state index contributed by atoms with van der Waals surface area (Å²) in [6.45, 7) is 0. The maximum atomic E-state index is 13.0. The van der Waals surface area contributed by atoms with E-state index in [1.54, 1.807) is 74.8 Å². The summed E-state index contributed by atoms with van der Waals surface area (Å²) in [5.41, 5.74) is -0.688. The lowest BCUT2D eigenvalue weighted by Crippen LogP contribution is -2.61. The maximum Gasteiger partial charge on any atom is 0.348 e. The average molecular weight is 466 g/mol. The smallest absolute Gasteiger partial charge is 0.348 e. The van der Waals surface area contributed by atoms with Crippen LogP contribution in [0, 0.1) is 0 Å². The summed E-state index contributed by atoms with van der Waals surface area (Å²) >= 11 is 0. The van der Waals surface area contributed by atoms with E-state index in [4.69, 9.17) is 14.2 Å². The van der Waals surface area contributed by atoms with Crippen LogP contribution in [0.5, 0.6) is 17.8 Å². The van der Waals surface area contributed by atoms with Crippen molar-refractivity contribution in [2.75, 3.05) is 28.3 Å². The lowest BCUT2D eigenvalue weighted by atomic mass is 9.78. The number of methoxy groups -OCH3 is 2. The number of carbonyl (C=O) groups is 2. The van der Waals surface area contributed by atoms with E-state index in [2.05, 4.69) is 15.3 Å². The molecule has 1 atom stereocenters. The molecule has 2 aromatic carbocycles. The molecule has 0 spiro atoms. The first kappa shape index (κ1) is 24.3. The first-order valence-corrected chi connectivity index (χ1v) is 10.3. The van der Waals surface area contributed by atoms with Crippen molar-refractivity contribution in [1.29, 1.82) is 0 Å². The Balaban J connectivity index is 2.27. The number of carbonyl (C=O) groups excluding carboxylic acids is 1. The van der Waals surface area contributed by atoms with Crippen molar-refractivity contribution >= 4 is 12.0 Å². The molecule has 0 radical (unpaired) electrons. The Hall–Kier alpha value is -4.34. The number of nitrogens with one attached hydrogen (secondary N) is 1. The highest BCUT2D eigenvalue weighted by Gasteiger charge is 2.50. The predicted octanol–water partition coefficient (Wildman–Crippen LogP) is 2.54. The largest absolute Gasteiger partial charge is 0.481 e. The van der Waals surface area contributed by atoms with Crippen LogP contribution >= 0.6 is 0 Å². The standard InChI is InChI=1S/C24H26N4O6/c1-28(2)23(31)27-24(16-11-7-5-8-12-16,17-13-9-6-10-14-17)20(21(29)30)34-22-25-18(32-3)15-19(26-22)33-4/h5-15,20H,1-4H3,(H,27,31)(H,29,30). The first-order valence-electron chi connectivity index (χ1n) is 10.3. The molecular weight excluding hydrogens is 440 g/mol. The Bertz CT molecular complexity index is 1060. The van der Waals surface area contributed by atoms with Crippen LogP contribution in [0.3, 0.4) is 0 Å². The normalized spacial score (nSPS) is 11.8. The minimum absolute atomic E-state index is 0.119. The lowest BCUT2D eigenvalue weighted by Gasteiger charge is -2.40. The Labute approximate surface area is 197 Å². The van der Waals surface area contributed by atoms with Gasteiger partial charge in [-0.05, 0) is 11.1 Å². The van der Waals surface area contributed by atoms with E-state index in [0.29, 0.717) is 11.1 Å². The molecular formula is C24H26N4O6. The van der Waals surface area contributed by atoms with Crippen molar-refractivity contribution in [3.63, 3.8) is 0 Å². The Morgan fingerprint density at radius 3 is 1.76 bits per heavy atom. The molecule has 10 heteroatoms. The number of amides is 2. The van der Waals surface area contributed by atoms with Gasteiger partial charge in [0.15, 0.2) is 0 Å². The molecule has 1 heterocycles. The van der Waals surface area contributed by atoms with Crippen molar-refractivity contribution in [3.05, 3.63) is 77.9 Å². The van der Waals surface area contributed by atoms with Crippen molar-refractivity contribution in [2.24, 2.45) is 0 Å². The van der Waals surface area contributed by atoms with E-state index in [-0.39, 0.29) is 17.8 Å². The van der Waals surface area contributed by atoms with Gasteiger partial charge in [0.05, 0.1) is 20.3 Å². The van der Waals surface area contributed by atoms with E-state index in [0.717, 1.165) is 0 Å². The third-order valence-electron chi connectivity index (χ3n) is 5.09. The lowest BCUT2D eigenvalue weighted by molar-refractivity contribution is -0.149. The number of hydrogen-bond donors (Lipinski definition) is 2. The molecule has 34 heavy (non-hydrogen) atoms. The molecule has 0 aliphatic carbocycles. The molecule has 178 valence electrons. The summed E-state index contributed by atoms with van der Waals surface area (Å²) in [7, 11) is 5.91. The fourth-order valence-corrected chi connectivity index (χ4v) is 3.44. The Morgan fingerprint density at radius 1 is 0.912 bits per heavy atom. The molecule has 1 unspecified atom stereocenters. The molecule has 1 aromatic heterocycles. The van der Waals surface area contributed by atoms with Gasteiger partial charge in [0.25, 0.3) is 0 Å². The van der Waals surface area contributed by atoms with Gasteiger partial charge in [-0.1, -0.05) is 60.7 Å². The van der Waals surface area contributed by atoms with Crippen molar-refractivity contribution in [3.8, 4) is 17.8 Å². The van der Waals surface area contributed by atoms with Crippen LogP contribution in [0.1, 0.15) is 11.1 Å². The summed E-state index contributed by atoms with van der Waals surface area (Å²) < 4.78 is 16.2. The summed E-state index contributed by atoms with van der Waals surface area (Å²) in [4.78, 5) is 35.3. The van der Waals surface area contributed by atoms with Crippen LogP contribution in [-0.2, 0) is 10.3 Å². The van der Waals surface area contributed by atoms with E-state index >= 15 is 0 Å². The van der Waals surface area contributed by atoms with Crippen LogP contribution in [0.25, 0.3) is 0 Å². The van der Waals surface area contributed by atoms with Crippen molar-refractivity contribution in [2.45, 2.75) is 11.6 Å². The number of urea groups is 1. The second-order valence-electron chi connectivity index (χ2n) is 7.44. The molecule has 0 aliphatic rings. The molecule has 0 saturated carbocycles. The molecule has 3 aromatic rings. The second kappa shape index (κ2) is 10.5. The van der Waals surface area contributed by atoms with Gasteiger partial charge >= 0.3 is 18.0 Å². The average Bonchev–Trinajstić information content (AvgIpc) is 2.86. The summed E-state index contributed by atoms with van der Waals surface area (Å²) in [6.07, 6.45) is -1.68. The van der Waals surface area contributed by atoms with Crippen LogP contribution in [0.4, 0.5) is 4.79 Å². The Morgan fingerprint density at radius 2 is 1.38 bits per heavy atom. The predicted molar refractivity (Wildman–Crippen MR) is 123 cm³/mol. The SMILES string of the molecule is COc1cc(OC)nc(OC(C(=O)O)C(NC(=O)N(C)C)(c2ccccc2)c2ccccc2)n1. The van der Waals surface area contributed by atoms with E-state index in [1.165, 1.54) is 25.2 Å². The zero-order valence-electron chi connectivity index (χ0n) is 19.3. The number of benzene rings is 2. The summed E-state index contributed by atoms with van der Waals surface area (Å²) in [6, 6.07) is 18.1. The van der Waals surface area contributed by atoms with Crippen LogP contribution in [0.15, 0.2) is 66.7 Å². The molecule has 10 nitrogen and oxygen atoms in total. The Kier molecular flexibility index (Phi) is 7.52. The van der Waals surface area contributed by atoms with E-state index in [1.807, 2.05) is 0 Å². The van der Waals surface area contributed by atoms with Crippen LogP contribution < -0.4 is 19.5 Å². The third-order valence-corrected chi connectivity index (χ3v) is 5.09. The third kappa shape index (κ3) is 5.01. The van der Waals surface area contributed by atoms with Gasteiger partial charge in [-0.15, -0.1) is 0 Å². The minimum Gasteiger partial charge on any atom is -0.481 e. The topological polar surface area (TPSA) is 123 Å². The molecule has 0 bridgehead atoms. The van der Waals surface area contributed by atoms with Gasteiger partial charge < -0.3 is 29.5 Å². The van der Waals surface area contributed by atoms with Gasteiger partial charge in [-0.3, -0.25) is 0 Å². The van der Waals surface area contributed by atoms with Gasteiger partial charge in [0, 0.05) is 14.1 Å². The molecule has 2 N–H and O–H groups in total. The number of ether oxygens (including phenoxy) is 3. The van der Waals surface area contributed by atoms with Gasteiger partial charge in [0.2, 0.25) is 17.9 Å². The number of carboxylic acid groups (broad SMARTS) is 1. The number of carboxylic acids is 1. The zero-order valence-corrected chi connectivity index (χ0v) is 19.3. The fraction of sp³-hybridized carbons (Fsp3) is 0.250. The van der Waals surface area contributed by atoms with Crippen molar-refractivity contribution < 1.29 is 28.9 Å². The maximum absolute atomic E-state index is 13.0. The fourth-order valence-electron chi connectivity index (χ4n) is 3.44. The van der Waals surface area contributed by atoms with Gasteiger partial charge in [-0.25, -0.2) is 9.59 Å². The number of aliphatic carboxylic acids is 1. The molecule has 0 fully saturated rings. The second-order valence-corrected chi connectivity index (χ2v) is 7.44. The van der Waals surface area contributed by atoms with E-state index in [9.17, 15) is 14.7 Å². The molecule has 0 aliphatic heterocycles. The van der Waals surface area contributed by atoms with Gasteiger partial charge in [0.1, 0.15) is 5.54 Å². The molecule has 0 saturated heterocycles.